The average molecular weight is 637 g/mol. The van der Waals surface area contributed by atoms with E-state index in [2.05, 4.69) is 43.0 Å². The van der Waals surface area contributed by atoms with Crippen molar-refractivity contribution in [1.82, 2.24) is 29.9 Å². The highest BCUT2D eigenvalue weighted by molar-refractivity contribution is 5.77. The van der Waals surface area contributed by atoms with Crippen molar-refractivity contribution in [3.8, 4) is 5.88 Å². The lowest BCUT2D eigenvalue weighted by molar-refractivity contribution is 0.287. The molecule has 9 heteroatoms. The first kappa shape index (κ1) is 31.2. The second-order valence-corrected chi connectivity index (χ2v) is 12.2. The number of rotatable bonds is 7. The molecule has 0 saturated carbocycles. The van der Waals surface area contributed by atoms with E-state index in [9.17, 15) is 0 Å². The van der Waals surface area contributed by atoms with Crippen molar-refractivity contribution in [2.24, 2.45) is 0 Å². The quantitative estimate of drug-likeness (QED) is 0.175. The molecule has 0 N–H and O–H groups in total. The molecule has 8 rings (SSSR count). The molecule has 48 heavy (non-hydrogen) atoms. The summed E-state index contributed by atoms with van der Waals surface area (Å²) in [6, 6.07) is 28.1. The molecule has 2 aliphatic heterocycles. The van der Waals surface area contributed by atoms with Crippen LogP contribution in [-0.2, 0) is 6.61 Å². The molecule has 242 valence electrons. The van der Waals surface area contributed by atoms with Gasteiger partial charge in [-0.2, -0.15) is 0 Å². The van der Waals surface area contributed by atoms with Gasteiger partial charge in [0.1, 0.15) is 23.9 Å². The number of hydrogen-bond donors (Lipinski definition) is 0. The second kappa shape index (κ2) is 14.5. The molecule has 9 nitrogen and oxygen atoms in total. The summed E-state index contributed by atoms with van der Waals surface area (Å²) in [5.74, 6) is 2.67. The molecule has 4 aromatic heterocycles. The second-order valence-electron chi connectivity index (χ2n) is 12.2. The van der Waals surface area contributed by atoms with Gasteiger partial charge in [-0.05, 0) is 100 Å². The Bertz CT molecular complexity index is 2050. The van der Waals surface area contributed by atoms with E-state index in [0.717, 1.165) is 88.4 Å². The summed E-state index contributed by atoms with van der Waals surface area (Å²) in [5.41, 5.74) is 8.06. The molecule has 0 unspecified atom stereocenters. The minimum atomic E-state index is 0.398. The van der Waals surface area contributed by atoms with Gasteiger partial charge in [-0.25, -0.2) is 29.9 Å². The minimum absolute atomic E-state index is 0.398. The molecule has 0 bridgehead atoms. The molecule has 0 radical (unpaired) electrons. The lowest BCUT2D eigenvalue weighted by Crippen LogP contribution is -2.19. The van der Waals surface area contributed by atoms with Crippen molar-refractivity contribution in [2.75, 3.05) is 36.0 Å². The predicted octanol–water partition coefficient (Wildman–Crippen LogP) is 7.62. The molecular weight excluding hydrogens is 596 g/mol. The molecule has 0 amide bonds. The summed E-state index contributed by atoms with van der Waals surface area (Å²) >= 11 is 0. The molecule has 6 aromatic rings. The van der Waals surface area contributed by atoms with Gasteiger partial charge in [0.15, 0.2) is 0 Å². The minimum Gasteiger partial charge on any atom is -0.470 e. The van der Waals surface area contributed by atoms with Crippen molar-refractivity contribution in [3.63, 3.8) is 0 Å². The van der Waals surface area contributed by atoms with Gasteiger partial charge in [-0.15, -0.1) is 0 Å². The maximum atomic E-state index is 5.89. The molecule has 0 spiro atoms. The van der Waals surface area contributed by atoms with Crippen LogP contribution in [0.1, 0.15) is 54.2 Å². The van der Waals surface area contributed by atoms with E-state index in [4.69, 9.17) is 19.7 Å². The van der Waals surface area contributed by atoms with Crippen LogP contribution < -0.4 is 14.5 Å². The fourth-order valence-electron chi connectivity index (χ4n) is 6.10. The van der Waals surface area contributed by atoms with E-state index >= 15 is 0 Å². The Kier molecular flexibility index (Phi) is 9.45. The normalized spacial score (nSPS) is 14.5. The third-order valence-corrected chi connectivity index (χ3v) is 8.66. The van der Waals surface area contributed by atoms with Crippen LogP contribution in [0, 0.1) is 13.8 Å². The van der Waals surface area contributed by atoms with Crippen molar-refractivity contribution < 1.29 is 4.74 Å². The molecule has 0 aliphatic carbocycles. The van der Waals surface area contributed by atoms with Gasteiger partial charge in [0, 0.05) is 26.2 Å². The zero-order chi connectivity index (χ0) is 32.7. The number of aromatic nitrogens is 6. The first-order chi connectivity index (χ1) is 23.6. The van der Waals surface area contributed by atoms with Crippen LogP contribution in [0.4, 0.5) is 11.6 Å². The SMILES string of the molecule is Cc1nc2ccccc2nc1/C=C/c1cccc(N2CCCC2)n1.Cc1nc2ccccc2nc1OCc1cccc(N2CCCC2)n1. The highest BCUT2D eigenvalue weighted by atomic mass is 16.5. The fraction of sp³-hybridized carbons (Fsp3) is 0.282. The molecule has 2 aromatic carbocycles. The summed E-state index contributed by atoms with van der Waals surface area (Å²) in [6.07, 6.45) is 9.03. The van der Waals surface area contributed by atoms with E-state index in [1.807, 2.05) is 92.7 Å². The van der Waals surface area contributed by atoms with Gasteiger partial charge in [0.2, 0.25) is 5.88 Å². The monoisotopic (exact) mass is 636 g/mol. The van der Waals surface area contributed by atoms with Crippen LogP contribution in [0.2, 0.25) is 0 Å². The summed E-state index contributed by atoms with van der Waals surface area (Å²) in [5, 5.41) is 0. The van der Waals surface area contributed by atoms with Gasteiger partial charge in [-0.1, -0.05) is 36.4 Å². The van der Waals surface area contributed by atoms with E-state index < -0.39 is 0 Å². The lowest BCUT2D eigenvalue weighted by atomic mass is 10.2. The third kappa shape index (κ3) is 7.41. The van der Waals surface area contributed by atoms with Crippen molar-refractivity contribution in [3.05, 3.63) is 113 Å². The van der Waals surface area contributed by atoms with Crippen molar-refractivity contribution >= 4 is 45.9 Å². The van der Waals surface area contributed by atoms with E-state index in [1.165, 1.54) is 25.7 Å². The number of benzene rings is 2. The Labute approximate surface area is 281 Å². The number of aryl methyl sites for hydroxylation is 2. The van der Waals surface area contributed by atoms with Crippen LogP contribution in [0.25, 0.3) is 34.2 Å². The number of fused-ring (bicyclic) bond motifs is 2. The highest BCUT2D eigenvalue weighted by Gasteiger charge is 2.15. The number of para-hydroxylation sites is 4. The standard InChI is InChI=1S/C20H20N4.C19H20N4O/c1-15-17(23-19-9-3-2-8-18(19)21-15)12-11-16-7-6-10-20(22-16)24-13-4-5-14-24;1-14-19(22-17-9-3-2-8-16(17)20-14)24-13-15-7-6-10-18(21-15)23-11-4-5-12-23/h2-3,6-12H,4-5,13-14H2,1H3;2-3,6-10H,4-5,11-13H2,1H3/b12-11+;. The number of nitrogens with zero attached hydrogens (tertiary/aromatic N) is 8. The topological polar surface area (TPSA) is 93.0 Å². The summed E-state index contributed by atoms with van der Waals surface area (Å²) in [6.45, 7) is 8.70. The Morgan fingerprint density at radius 1 is 0.542 bits per heavy atom. The maximum Gasteiger partial charge on any atom is 0.236 e. The van der Waals surface area contributed by atoms with Gasteiger partial charge in [0.05, 0.1) is 44.8 Å². The fourth-order valence-corrected chi connectivity index (χ4v) is 6.10. The van der Waals surface area contributed by atoms with Crippen LogP contribution >= 0.6 is 0 Å². The maximum absolute atomic E-state index is 5.89. The molecule has 6 heterocycles. The number of hydrogen-bond acceptors (Lipinski definition) is 9. The zero-order valence-corrected chi connectivity index (χ0v) is 27.6. The van der Waals surface area contributed by atoms with Gasteiger partial charge in [0.25, 0.3) is 0 Å². The summed E-state index contributed by atoms with van der Waals surface area (Å²) < 4.78 is 5.89. The first-order valence-electron chi connectivity index (χ1n) is 16.8. The molecule has 2 aliphatic rings. The van der Waals surface area contributed by atoms with Crippen LogP contribution in [0.3, 0.4) is 0 Å². The molecule has 0 atom stereocenters. The van der Waals surface area contributed by atoms with Crippen molar-refractivity contribution in [2.45, 2.75) is 46.1 Å². The predicted molar refractivity (Wildman–Crippen MR) is 193 cm³/mol. The lowest BCUT2D eigenvalue weighted by Gasteiger charge is -2.17. The van der Waals surface area contributed by atoms with Gasteiger partial charge < -0.3 is 14.5 Å². The van der Waals surface area contributed by atoms with Gasteiger partial charge in [-0.3, -0.25) is 0 Å². The number of anilines is 2. The Morgan fingerprint density at radius 2 is 1.08 bits per heavy atom. The third-order valence-electron chi connectivity index (χ3n) is 8.66. The van der Waals surface area contributed by atoms with E-state index in [-0.39, 0.29) is 0 Å². The molecular formula is C39H40N8O. The number of pyridine rings is 2. The largest absolute Gasteiger partial charge is 0.470 e. The molecule has 2 saturated heterocycles. The number of ether oxygens (including phenoxy) is 1. The molecule has 2 fully saturated rings. The van der Waals surface area contributed by atoms with Crippen LogP contribution in [0.15, 0.2) is 84.9 Å². The Hall–Kier alpha value is -5.44. The van der Waals surface area contributed by atoms with E-state index in [1.54, 1.807) is 0 Å². The average Bonchev–Trinajstić information content (AvgIpc) is 3.87. The zero-order valence-electron chi connectivity index (χ0n) is 27.6. The summed E-state index contributed by atoms with van der Waals surface area (Å²) in [4.78, 5) is 32.6. The van der Waals surface area contributed by atoms with Gasteiger partial charge >= 0.3 is 0 Å². The van der Waals surface area contributed by atoms with E-state index in [0.29, 0.717) is 12.5 Å². The Balaban J connectivity index is 0.000000152. The van der Waals surface area contributed by atoms with Crippen LogP contribution in [-0.4, -0.2) is 56.1 Å². The highest BCUT2D eigenvalue weighted by Crippen LogP contribution is 2.22. The Morgan fingerprint density at radius 3 is 1.73 bits per heavy atom. The summed E-state index contributed by atoms with van der Waals surface area (Å²) in [7, 11) is 0. The smallest absolute Gasteiger partial charge is 0.236 e. The van der Waals surface area contributed by atoms with Crippen LogP contribution in [0.5, 0.6) is 5.88 Å². The first-order valence-corrected chi connectivity index (χ1v) is 16.8. The van der Waals surface area contributed by atoms with Crippen molar-refractivity contribution in [1.29, 1.82) is 0 Å².